The number of rotatable bonds is 4. The summed E-state index contributed by atoms with van der Waals surface area (Å²) in [5, 5.41) is 10.4. The SMILES string of the molecule is COc1ccc(C)cc1S(=O)(=O)N[C@H]1Cc2ccccc2[C@@H]1O. The van der Waals surface area contributed by atoms with E-state index in [0.717, 1.165) is 16.7 Å². The first kappa shape index (κ1) is 16.0. The van der Waals surface area contributed by atoms with Crippen LogP contribution < -0.4 is 9.46 Å². The minimum Gasteiger partial charge on any atom is -0.495 e. The standard InChI is InChI=1S/C17H19NO4S/c1-11-7-8-15(22-2)16(9-11)23(20,21)18-14-10-12-5-3-4-6-13(12)17(14)19/h3-9,14,17-19H,10H2,1-2H3/t14-,17-/m0/s1. The molecule has 122 valence electrons. The molecule has 3 rings (SSSR count). The number of sulfonamides is 1. The molecule has 2 aromatic carbocycles. The summed E-state index contributed by atoms with van der Waals surface area (Å²) < 4.78 is 33.2. The Morgan fingerprint density at radius 3 is 2.65 bits per heavy atom. The van der Waals surface area contributed by atoms with E-state index in [1.807, 2.05) is 31.2 Å². The van der Waals surface area contributed by atoms with Crippen LogP contribution in [0.25, 0.3) is 0 Å². The summed E-state index contributed by atoms with van der Waals surface area (Å²) in [6, 6.07) is 11.8. The lowest BCUT2D eigenvalue weighted by Gasteiger charge is -2.18. The van der Waals surface area contributed by atoms with Gasteiger partial charge in [-0.3, -0.25) is 0 Å². The number of ether oxygens (including phenoxy) is 1. The second kappa shape index (κ2) is 5.96. The van der Waals surface area contributed by atoms with E-state index in [-0.39, 0.29) is 10.6 Å². The van der Waals surface area contributed by atoms with Crippen molar-refractivity contribution in [2.75, 3.05) is 7.11 Å². The Balaban J connectivity index is 1.90. The van der Waals surface area contributed by atoms with Gasteiger partial charge in [-0.05, 0) is 42.2 Å². The molecule has 0 saturated carbocycles. The molecule has 0 radical (unpaired) electrons. The first-order valence-electron chi connectivity index (χ1n) is 7.35. The van der Waals surface area contributed by atoms with Gasteiger partial charge in [-0.2, -0.15) is 0 Å². The number of fused-ring (bicyclic) bond motifs is 1. The molecular weight excluding hydrogens is 314 g/mol. The van der Waals surface area contributed by atoms with Crippen LogP contribution in [0.4, 0.5) is 0 Å². The van der Waals surface area contributed by atoms with E-state index in [2.05, 4.69) is 4.72 Å². The van der Waals surface area contributed by atoms with E-state index in [9.17, 15) is 13.5 Å². The summed E-state index contributed by atoms with van der Waals surface area (Å²) in [7, 11) is -2.36. The summed E-state index contributed by atoms with van der Waals surface area (Å²) in [5.41, 5.74) is 2.56. The van der Waals surface area contributed by atoms with E-state index in [0.29, 0.717) is 6.42 Å². The number of nitrogens with one attached hydrogen (secondary N) is 1. The second-order valence-corrected chi connectivity index (χ2v) is 7.41. The zero-order chi connectivity index (χ0) is 16.6. The van der Waals surface area contributed by atoms with E-state index < -0.39 is 22.2 Å². The molecule has 0 spiro atoms. The number of aliphatic hydroxyl groups is 1. The summed E-state index contributed by atoms with van der Waals surface area (Å²) in [5.74, 6) is 0.285. The maximum Gasteiger partial charge on any atom is 0.244 e. The molecule has 0 heterocycles. The largest absolute Gasteiger partial charge is 0.495 e. The highest BCUT2D eigenvalue weighted by Gasteiger charge is 2.34. The molecular formula is C17H19NO4S. The summed E-state index contributed by atoms with van der Waals surface area (Å²) in [6.45, 7) is 1.82. The topological polar surface area (TPSA) is 75.6 Å². The summed E-state index contributed by atoms with van der Waals surface area (Å²) in [4.78, 5) is 0.0863. The van der Waals surface area contributed by atoms with Crippen molar-refractivity contribution < 1.29 is 18.3 Å². The third-order valence-electron chi connectivity index (χ3n) is 4.11. The molecule has 0 unspecified atom stereocenters. The molecule has 2 N–H and O–H groups in total. The van der Waals surface area contributed by atoms with Gasteiger partial charge in [0.15, 0.2) is 0 Å². The highest BCUT2D eigenvalue weighted by molar-refractivity contribution is 7.89. The molecule has 0 fully saturated rings. The molecule has 0 aromatic heterocycles. The Kier molecular flexibility index (Phi) is 4.14. The fourth-order valence-corrected chi connectivity index (χ4v) is 4.43. The Bertz CT molecular complexity index is 832. The van der Waals surface area contributed by atoms with Gasteiger partial charge in [0.25, 0.3) is 0 Å². The van der Waals surface area contributed by atoms with Crippen LogP contribution >= 0.6 is 0 Å². The minimum atomic E-state index is -3.79. The van der Waals surface area contributed by atoms with Crippen LogP contribution in [0.15, 0.2) is 47.4 Å². The van der Waals surface area contributed by atoms with Gasteiger partial charge in [0.2, 0.25) is 10.0 Å². The lowest BCUT2D eigenvalue weighted by Crippen LogP contribution is -2.37. The average molecular weight is 333 g/mol. The molecule has 6 heteroatoms. The maximum absolute atomic E-state index is 12.7. The summed E-state index contributed by atoms with van der Waals surface area (Å²) >= 11 is 0. The van der Waals surface area contributed by atoms with Crippen molar-refractivity contribution in [3.63, 3.8) is 0 Å². The third kappa shape index (κ3) is 2.97. The van der Waals surface area contributed by atoms with Gasteiger partial charge in [-0.25, -0.2) is 13.1 Å². The lowest BCUT2D eigenvalue weighted by atomic mass is 10.1. The van der Waals surface area contributed by atoms with Crippen LogP contribution in [0.5, 0.6) is 5.75 Å². The average Bonchev–Trinajstić information content (AvgIpc) is 2.83. The quantitative estimate of drug-likeness (QED) is 0.896. The smallest absolute Gasteiger partial charge is 0.244 e. The molecule has 1 aliphatic carbocycles. The van der Waals surface area contributed by atoms with E-state index in [1.54, 1.807) is 18.2 Å². The van der Waals surface area contributed by atoms with Crippen LogP contribution in [0.3, 0.4) is 0 Å². The molecule has 23 heavy (non-hydrogen) atoms. The van der Waals surface area contributed by atoms with Crippen LogP contribution in [0.2, 0.25) is 0 Å². The highest BCUT2D eigenvalue weighted by atomic mass is 32.2. The van der Waals surface area contributed by atoms with Gasteiger partial charge >= 0.3 is 0 Å². The normalized spacial score (nSPS) is 20.3. The van der Waals surface area contributed by atoms with Crippen LogP contribution in [0, 0.1) is 6.92 Å². The number of hydrogen-bond acceptors (Lipinski definition) is 4. The Morgan fingerprint density at radius 2 is 1.96 bits per heavy atom. The molecule has 0 aliphatic heterocycles. The first-order valence-corrected chi connectivity index (χ1v) is 8.83. The third-order valence-corrected chi connectivity index (χ3v) is 5.62. The zero-order valence-electron chi connectivity index (χ0n) is 13.0. The molecule has 0 amide bonds. The van der Waals surface area contributed by atoms with Gasteiger partial charge in [-0.15, -0.1) is 0 Å². The highest BCUT2D eigenvalue weighted by Crippen LogP contribution is 2.33. The van der Waals surface area contributed by atoms with Gasteiger partial charge in [0.05, 0.1) is 19.3 Å². The van der Waals surface area contributed by atoms with E-state index in [1.165, 1.54) is 7.11 Å². The van der Waals surface area contributed by atoms with Gasteiger partial charge in [0.1, 0.15) is 10.6 Å². The predicted molar refractivity (Wildman–Crippen MR) is 86.9 cm³/mol. The van der Waals surface area contributed by atoms with E-state index >= 15 is 0 Å². The molecule has 1 aliphatic rings. The van der Waals surface area contributed by atoms with Crippen molar-refractivity contribution in [1.82, 2.24) is 4.72 Å². The molecule has 2 aromatic rings. The maximum atomic E-state index is 12.7. The number of hydrogen-bond donors (Lipinski definition) is 2. The molecule has 0 saturated heterocycles. The van der Waals surface area contributed by atoms with Crippen molar-refractivity contribution in [2.24, 2.45) is 0 Å². The first-order chi connectivity index (χ1) is 10.9. The number of benzene rings is 2. The van der Waals surface area contributed by atoms with Gasteiger partial charge in [-0.1, -0.05) is 30.3 Å². The van der Waals surface area contributed by atoms with Crippen LogP contribution in [0.1, 0.15) is 22.8 Å². The van der Waals surface area contributed by atoms with Gasteiger partial charge in [0, 0.05) is 0 Å². The van der Waals surface area contributed by atoms with Crippen molar-refractivity contribution in [3.05, 3.63) is 59.2 Å². The number of methoxy groups -OCH3 is 1. The lowest BCUT2D eigenvalue weighted by molar-refractivity contribution is 0.152. The predicted octanol–water partition coefficient (Wildman–Crippen LogP) is 1.94. The Labute approximate surface area is 136 Å². The van der Waals surface area contributed by atoms with Crippen molar-refractivity contribution in [2.45, 2.75) is 30.4 Å². The molecule has 5 nitrogen and oxygen atoms in total. The monoisotopic (exact) mass is 333 g/mol. The molecule has 0 bridgehead atoms. The van der Waals surface area contributed by atoms with E-state index in [4.69, 9.17) is 4.74 Å². The second-order valence-electron chi connectivity index (χ2n) is 5.73. The fraction of sp³-hybridized carbons (Fsp3) is 0.294. The number of aryl methyl sites for hydroxylation is 1. The van der Waals surface area contributed by atoms with Crippen LogP contribution in [-0.2, 0) is 16.4 Å². The minimum absolute atomic E-state index is 0.0863. The fourth-order valence-electron chi connectivity index (χ4n) is 2.94. The van der Waals surface area contributed by atoms with Crippen molar-refractivity contribution in [1.29, 1.82) is 0 Å². The van der Waals surface area contributed by atoms with Crippen molar-refractivity contribution >= 4 is 10.0 Å². The van der Waals surface area contributed by atoms with Gasteiger partial charge < -0.3 is 9.84 Å². The Hall–Kier alpha value is -1.89. The van der Waals surface area contributed by atoms with Crippen molar-refractivity contribution in [3.8, 4) is 5.75 Å². The molecule has 2 atom stereocenters. The Morgan fingerprint density at radius 1 is 1.22 bits per heavy atom. The zero-order valence-corrected chi connectivity index (χ0v) is 13.8. The summed E-state index contributed by atoms with van der Waals surface area (Å²) in [6.07, 6.45) is -0.387. The number of aliphatic hydroxyl groups excluding tert-OH is 1. The van der Waals surface area contributed by atoms with Crippen LogP contribution in [-0.4, -0.2) is 26.7 Å².